The molecule has 0 bridgehead atoms. The molecule has 4 heterocycles. The first-order valence-corrected chi connectivity index (χ1v) is 12.2. The van der Waals surface area contributed by atoms with E-state index in [0.29, 0.717) is 22.5 Å². The Morgan fingerprint density at radius 3 is 2.76 bits per heavy atom. The van der Waals surface area contributed by atoms with Gasteiger partial charge in [0.25, 0.3) is 0 Å². The predicted molar refractivity (Wildman–Crippen MR) is 131 cm³/mol. The van der Waals surface area contributed by atoms with E-state index in [4.69, 9.17) is 11.6 Å². The maximum atomic E-state index is 14.6. The van der Waals surface area contributed by atoms with E-state index in [0.717, 1.165) is 56.3 Å². The first-order valence-electron chi connectivity index (χ1n) is 11.9. The van der Waals surface area contributed by atoms with Crippen LogP contribution in [0.1, 0.15) is 77.0 Å². The number of anilines is 1. The van der Waals surface area contributed by atoms with Gasteiger partial charge < -0.3 is 4.90 Å². The topological polar surface area (TPSA) is 63.9 Å². The van der Waals surface area contributed by atoms with Crippen LogP contribution in [0.3, 0.4) is 0 Å². The van der Waals surface area contributed by atoms with Crippen LogP contribution in [0.15, 0.2) is 23.1 Å². The van der Waals surface area contributed by atoms with E-state index < -0.39 is 11.5 Å². The van der Waals surface area contributed by atoms with E-state index in [1.807, 2.05) is 19.9 Å². The van der Waals surface area contributed by atoms with Crippen molar-refractivity contribution in [3.63, 3.8) is 0 Å². The highest BCUT2D eigenvalue weighted by Crippen LogP contribution is 2.33. The molecule has 1 aliphatic heterocycles. The number of nitrogens with zero attached hydrogens (tertiary/aromatic N) is 5. The van der Waals surface area contributed by atoms with Crippen LogP contribution in [0, 0.1) is 5.82 Å². The normalized spacial score (nSPS) is 16.7. The summed E-state index contributed by atoms with van der Waals surface area (Å²) in [5.41, 5.74) is 2.36. The summed E-state index contributed by atoms with van der Waals surface area (Å²) < 4.78 is 16.1. The van der Waals surface area contributed by atoms with Crippen molar-refractivity contribution < 1.29 is 4.39 Å². The molecular weight excluding hydrogens is 441 g/mol. The summed E-state index contributed by atoms with van der Waals surface area (Å²) in [6.45, 7) is 9.09. The fourth-order valence-corrected chi connectivity index (χ4v) is 4.81. The van der Waals surface area contributed by atoms with Gasteiger partial charge >= 0.3 is 5.69 Å². The minimum Gasteiger partial charge on any atom is -0.353 e. The maximum Gasteiger partial charge on any atom is 0.355 e. The smallest absolute Gasteiger partial charge is 0.353 e. The molecular formula is C25H31ClFN5O. The molecule has 8 heteroatoms. The van der Waals surface area contributed by atoms with Crippen LogP contribution in [0.4, 0.5) is 10.2 Å². The molecule has 1 aliphatic rings. The van der Waals surface area contributed by atoms with Gasteiger partial charge in [-0.25, -0.2) is 18.7 Å². The highest BCUT2D eigenvalue weighted by Gasteiger charge is 2.27. The highest BCUT2D eigenvalue weighted by atomic mass is 35.5. The first-order chi connectivity index (χ1) is 15.8. The van der Waals surface area contributed by atoms with Crippen molar-refractivity contribution >= 4 is 28.5 Å². The van der Waals surface area contributed by atoms with Gasteiger partial charge in [0.15, 0.2) is 16.6 Å². The summed E-state index contributed by atoms with van der Waals surface area (Å²) in [5.74, 6) is -0.0728. The molecule has 0 saturated carbocycles. The molecule has 3 aromatic rings. The summed E-state index contributed by atoms with van der Waals surface area (Å²) in [6.07, 6.45) is 7.70. The Balaban J connectivity index is 2.07. The monoisotopic (exact) mass is 471 g/mol. The third-order valence-corrected chi connectivity index (χ3v) is 6.70. The molecule has 0 N–H and O–H groups in total. The fraction of sp³-hybridized carbons (Fsp3) is 0.520. The Labute approximate surface area is 198 Å². The Morgan fingerprint density at radius 2 is 2.06 bits per heavy atom. The van der Waals surface area contributed by atoms with Gasteiger partial charge in [-0.1, -0.05) is 38.8 Å². The standard InChI is InChI=1S/C25H31ClFN5O/c1-5-6-10-17-11-12-28-20(15(2)3)21(17)32-24-18(14-19(27)22(26)29-24)23(30-25(32)33)31-13-8-7-9-16(31)4/h11-12,14-16H,5-10,13H2,1-4H3/t16-/m0/s1. The number of hydrogen-bond donors (Lipinski definition) is 0. The SMILES string of the molecule is CCCCc1ccnc(C(C)C)c1-n1c(=O)nc(N2CCCC[C@@H]2C)c2cc(F)c(Cl)nc21. The van der Waals surface area contributed by atoms with E-state index in [1.54, 1.807) is 6.20 Å². The van der Waals surface area contributed by atoms with Crippen molar-refractivity contribution in [3.8, 4) is 5.69 Å². The van der Waals surface area contributed by atoms with Crippen LogP contribution in [0.5, 0.6) is 0 Å². The zero-order valence-corrected chi connectivity index (χ0v) is 20.5. The number of hydrogen-bond acceptors (Lipinski definition) is 5. The van der Waals surface area contributed by atoms with Crippen LogP contribution in [-0.4, -0.2) is 32.1 Å². The lowest BCUT2D eigenvalue weighted by atomic mass is 10.00. The average Bonchev–Trinajstić information content (AvgIpc) is 2.79. The summed E-state index contributed by atoms with van der Waals surface area (Å²) in [7, 11) is 0. The van der Waals surface area contributed by atoms with Crippen LogP contribution in [-0.2, 0) is 6.42 Å². The number of aromatic nitrogens is 4. The zero-order chi connectivity index (χ0) is 23.7. The maximum absolute atomic E-state index is 14.6. The molecule has 176 valence electrons. The van der Waals surface area contributed by atoms with Crippen molar-refractivity contribution in [1.82, 2.24) is 19.5 Å². The van der Waals surface area contributed by atoms with Crippen LogP contribution in [0.25, 0.3) is 16.7 Å². The van der Waals surface area contributed by atoms with Crippen molar-refractivity contribution in [3.05, 3.63) is 51.0 Å². The number of aryl methyl sites for hydroxylation is 1. The van der Waals surface area contributed by atoms with E-state index in [1.165, 1.54) is 10.6 Å². The third-order valence-electron chi connectivity index (χ3n) is 6.44. The van der Waals surface area contributed by atoms with Crippen LogP contribution < -0.4 is 10.6 Å². The van der Waals surface area contributed by atoms with E-state index in [2.05, 4.69) is 33.7 Å². The van der Waals surface area contributed by atoms with E-state index >= 15 is 0 Å². The van der Waals surface area contributed by atoms with Crippen molar-refractivity contribution in [2.45, 2.75) is 78.2 Å². The lowest BCUT2D eigenvalue weighted by Gasteiger charge is -2.35. The van der Waals surface area contributed by atoms with Gasteiger partial charge in [-0.2, -0.15) is 4.98 Å². The number of rotatable bonds is 6. The highest BCUT2D eigenvalue weighted by molar-refractivity contribution is 6.30. The lowest BCUT2D eigenvalue weighted by Crippen LogP contribution is -2.40. The van der Waals surface area contributed by atoms with Gasteiger partial charge in [-0.15, -0.1) is 0 Å². The van der Waals surface area contributed by atoms with Crippen LogP contribution >= 0.6 is 11.6 Å². The minimum atomic E-state index is -0.622. The molecule has 3 aromatic heterocycles. The Morgan fingerprint density at radius 1 is 1.27 bits per heavy atom. The Hall–Kier alpha value is -2.54. The first kappa shape index (κ1) is 23.6. The number of piperidine rings is 1. The Bertz CT molecular complexity index is 1230. The molecule has 4 rings (SSSR count). The predicted octanol–water partition coefficient (Wildman–Crippen LogP) is 5.81. The molecule has 0 aliphatic carbocycles. The molecule has 0 spiro atoms. The number of fused-ring (bicyclic) bond motifs is 1. The third kappa shape index (κ3) is 4.47. The molecule has 0 radical (unpaired) electrons. The molecule has 1 saturated heterocycles. The largest absolute Gasteiger partial charge is 0.355 e. The number of halogens is 2. The van der Waals surface area contributed by atoms with Gasteiger partial charge in [0, 0.05) is 18.8 Å². The van der Waals surface area contributed by atoms with Gasteiger partial charge in [-0.3, -0.25) is 4.98 Å². The summed E-state index contributed by atoms with van der Waals surface area (Å²) in [6, 6.07) is 3.51. The lowest BCUT2D eigenvalue weighted by molar-refractivity contribution is 0.481. The summed E-state index contributed by atoms with van der Waals surface area (Å²) in [4.78, 5) is 29.2. The Kier molecular flexibility index (Phi) is 6.98. The number of unbranched alkanes of at least 4 members (excludes halogenated alkanes) is 1. The fourth-order valence-electron chi connectivity index (χ4n) is 4.68. The quantitative estimate of drug-likeness (QED) is 0.424. The van der Waals surface area contributed by atoms with Crippen LogP contribution in [0.2, 0.25) is 5.15 Å². The van der Waals surface area contributed by atoms with E-state index in [9.17, 15) is 9.18 Å². The molecule has 0 aromatic carbocycles. The van der Waals surface area contributed by atoms with Crippen molar-refractivity contribution in [2.75, 3.05) is 11.4 Å². The molecule has 0 unspecified atom stereocenters. The summed E-state index contributed by atoms with van der Waals surface area (Å²) >= 11 is 6.14. The zero-order valence-electron chi connectivity index (χ0n) is 19.7. The molecule has 33 heavy (non-hydrogen) atoms. The second kappa shape index (κ2) is 9.75. The van der Waals surface area contributed by atoms with Gasteiger partial charge in [-0.05, 0) is 62.6 Å². The second-order valence-electron chi connectivity index (χ2n) is 9.19. The van der Waals surface area contributed by atoms with E-state index in [-0.39, 0.29) is 17.1 Å². The average molecular weight is 472 g/mol. The van der Waals surface area contributed by atoms with Crippen molar-refractivity contribution in [2.24, 2.45) is 0 Å². The molecule has 1 fully saturated rings. The molecule has 1 atom stereocenters. The molecule has 6 nitrogen and oxygen atoms in total. The van der Waals surface area contributed by atoms with Gasteiger partial charge in [0.05, 0.1) is 16.8 Å². The molecule has 0 amide bonds. The van der Waals surface area contributed by atoms with Crippen molar-refractivity contribution in [1.29, 1.82) is 0 Å². The second-order valence-corrected chi connectivity index (χ2v) is 9.54. The van der Waals surface area contributed by atoms with Gasteiger partial charge in [0.2, 0.25) is 0 Å². The van der Waals surface area contributed by atoms with Gasteiger partial charge in [0.1, 0.15) is 5.82 Å². The summed E-state index contributed by atoms with van der Waals surface area (Å²) in [5, 5.41) is 0.231. The minimum absolute atomic E-state index is 0.0706. The number of pyridine rings is 2.